The Hall–Kier alpha value is 0. The van der Waals surface area contributed by atoms with E-state index in [4.69, 9.17) is 0 Å². The van der Waals surface area contributed by atoms with Crippen LogP contribution in [-0.4, -0.2) is 0 Å². The Kier molecular flexibility index (Phi) is 7.30. The van der Waals surface area contributed by atoms with Gasteiger partial charge in [0, 0.05) is 0 Å². The van der Waals surface area contributed by atoms with Gasteiger partial charge < -0.3 is 0 Å². The molecule has 0 aromatic rings. The molecule has 0 rings (SSSR count). The molecule has 0 N–H and O–H groups in total. The molecule has 2 atom stereocenters. The van der Waals surface area contributed by atoms with Crippen molar-refractivity contribution < 1.29 is 0 Å². The minimum Gasteiger partial charge on any atom is -0.0654 e. The van der Waals surface area contributed by atoms with Crippen molar-refractivity contribution in [2.24, 2.45) is 17.3 Å². The van der Waals surface area contributed by atoms with Crippen LogP contribution < -0.4 is 0 Å². The molecule has 0 aliphatic carbocycles. The van der Waals surface area contributed by atoms with Crippen molar-refractivity contribution in [2.75, 3.05) is 0 Å². The van der Waals surface area contributed by atoms with Crippen LogP contribution in [-0.2, 0) is 0 Å². The van der Waals surface area contributed by atoms with Gasteiger partial charge in [0.05, 0.1) is 0 Å². The van der Waals surface area contributed by atoms with Crippen molar-refractivity contribution in [3.8, 4) is 0 Å². The standard InChI is InChI=1S/C15H32/c1-7-10-13(3)11-9-12-15(5,6)14(4)8-2/h13-14H,7-12H2,1-6H3. The van der Waals surface area contributed by atoms with Gasteiger partial charge >= 0.3 is 0 Å². The van der Waals surface area contributed by atoms with E-state index in [2.05, 4.69) is 41.5 Å². The van der Waals surface area contributed by atoms with Gasteiger partial charge in [-0.1, -0.05) is 73.6 Å². The van der Waals surface area contributed by atoms with Crippen LogP contribution in [0.3, 0.4) is 0 Å². The van der Waals surface area contributed by atoms with Gasteiger partial charge in [0.15, 0.2) is 0 Å². The third-order valence-electron chi connectivity index (χ3n) is 4.25. The zero-order chi connectivity index (χ0) is 11.9. The quantitative estimate of drug-likeness (QED) is 0.486. The molecule has 0 aromatic carbocycles. The van der Waals surface area contributed by atoms with Crippen LogP contribution in [0.4, 0.5) is 0 Å². The van der Waals surface area contributed by atoms with Crippen LogP contribution in [0.5, 0.6) is 0 Å². The normalized spacial score (nSPS) is 16.4. The molecule has 0 amide bonds. The minimum atomic E-state index is 0.542. The first-order chi connectivity index (χ1) is 6.94. The highest BCUT2D eigenvalue weighted by molar-refractivity contribution is 4.74. The van der Waals surface area contributed by atoms with Crippen molar-refractivity contribution >= 4 is 0 Å². The molecular formula is C15H32. The zero-order valence-corrected chi connectivity index (χ0v) is 11.9. The van der Waals surface area contributed by atoms with E-state index in [0.29, 0.717) is 5.41 Å². The van der Waals surface area contributed by atoms with Gasteiger partial charge in [-0.05, 0) is 23.7 Å². The van der Waals surface area contributed by atoms with Crippen molar-refractivity contribution in [2.45, 2.75) is 80.1 Å². The summed E-state index contributed by atoms with van der Waals surface area (Å²) in [6.45, 7) is 14.3. The molecule has 0 saturated heterocycles. The zero-order valence-electron chi connectivity index (χ0n) is 11.9. The Bertz CT molecular complexity index is 146. The third-order valence-corrected chi connectivity index (χ3v) is 4.25. The molecule has 0 aromatic heterocycles. The summed E-state index contributed by atoms with van der Waals surface area (Å²) in [6.07, 6.45) is 8.31. The predicted molar refractivity (Wildman–Crippen MR) is 71.2 cm³/mol. The first-order valence-corrected chi connectivity index (χ1v) is 6.94. The van der Waals surface area contributed by atoms with E-state index >= 15 is 0 Å². The maximum Gasteiger partial charge on any atom is -0.0329 e. The van der Waals surface area contributed by atoms with E-state index in [1.165, 1.54) is 38.5 Å². The fraction of sp³-hybridized carbons (Fsp3) is 1.00. The van der Waals surface area contributed by atoms with Crippen molar-refractivity contribution in [1.29, 1.82) is 0 Å². The molecule has 0 heterocycles. The van der Waals surface area contributed by atoms with Gasteiger partial charge in [-0.25, -0.2) is 0 Å². The van der Waals surface area contributed by atoms with Crippen LogP contribution in [0.2, 0.25) is 0 Å². The summed E-state index contributed by atoms with van der Waals surface area (Å²) in [6, 6.07) is 0. The summed E-state index contributed by atoms with van der Waals surface area (Å²) in [5, 5.41) is 0. The molecule has 92 valence electrons. The van der Waals surface area contributed by atoms with E-state index < -0.39 is 0 Å². The average molecular weight is 212 g/mol. The first-order valence-electron chi connectivity index (χ1n) is 6.94. The van der Waals surface area contributed by atoms with Gasteiger partial charge in [0.25, 0.3) is 0 Å². The highest BCUT2D eigenvalue weighted by atomic mass is 14.3. The largest absolute Gasteiger partial charge is 0.0654 e. The topological polar surface area (TPSA) is 0 Å². The Morgan fingerprint density at radius 2 is 1.60 bits per heavy atom. The Balaban J connectivity index is 3.74. The highest BCUT2D eigenvalue weighted by Gasteiger charge is 2.23. The second kappa shape index (κ2) is 7.30. The van der Waals surface area contributed by atoms with E-state index in [-0.39, 0.29) is 0 Å². The monoisotopic (exact) mass is 212 g/mol. The predicted octanol–water partition coefficient (Wildman–Crippen LogP) is 5.67. The number of hydrogen-bond acceptors (Lipinski definition) is 0. The molecule has 0 aliphatic rings. The van der Waals surface area contributed by atoms with Crippen LogP contribution in [0.25, 0.3) is 0 Å². The molecule has 0 bridgehead atoms. The number of rotatable bonds is 8. The van der Waals surface area contributed by atoms with Gasteiger partial charge in [0.1, 0.15) is 0 Å². The molecule has 0 fully saturated rings. The lowest BCUT2D eigenvalue weighted by Crippen LogP contribution is -2.21. The van der Waals surface area contributed by atoms with Crippen LogP contribution >= 0.6 is 0 Å². The second-order valence-electron chi connectivity index (χ2n) is 6.08. The molecule has 0 spiro atoms. The Labute approximate surface area is 97.8 Å². The summed E-state index contributed by atoms with van der Waals surface area (Å²) in [7, 11) is 0. The summed E-state index contributed by atoms with van der Waals surface area (Å²) >= 11 is 0. The van der Waals surface area contributed by atoms with Crippen molar-refractivity contribution in [1.82, 2.24) is 0 Å². The van der Waals surface area contributed by atoms with Crippen LogP contribution in [0.1, 0.15) is 80.1 Å². The molecule has 0 aliphatic heterocycles. The fourth-order valence-electron chi connectivity index (χ4n) is 2.34. The van der Waals surface area contributed by atoms with Gasteiger partial charge in [-0.3, -0.25) is 0 Å². The molecule has 0 nitrogen and oxygen atoms in total. The average Bonchev–Trinajstić information content (AvgIpc) is 2.16. The van der Waals surface area contributed by atoms with Gasteiger partial charge in [-0.15, -0.1) is 0 Å². The first kappa shape index (κ1) is 15.0. The smallest absolute Gasteiger partial charge is 0.0329 e. The van der Waals surface area contributed by atoms with E-state index in [0.717, 1.165) is 11.8 Å². The fourth-order valence-corrected chi connectivity index (χ4v) is 2.34. The summed E-state index contributed by atoms with van der Waals surface area (Å²) in [5.41, 5.74) is 0.542. The van der Waals surface area contributed by atoms with Gasteiger partial charge in [-0.2, -0.15) is 0 Å². The second-order valence-corrected chi connectivity index (χ2v) is 6.08. The SMILES string of the molecule is CCCC(C)CCCC(C)(C)C(C)CC. The number of hydrogen-bond donors (Lipinski definition) is 0. The van der Waals surface area contributed by atoms with Crippen LogP contribution in [0.15, 0.2) is 0 Å². The van der Waals surface area contributed by atoms with E-state index in [1.54, 1.807) is 0 Å². The highest BCUT2D eigenvalue weighted by Crippen LogP contribution is 2.34. The van der Waals surface area contributed by atoms with E-state index in [1.807, 2.05) is 0 Å². The summed E-state index contributed by atoms with van der Waals surface area (Å²) < 4.78 is 0. The maximum absolute atomic E-state index is 2.44. The molecule has 0 radical (unpaired) electrons. The molecule has 0 saturated carbocycles. The van der Waals surface area contributed by atoms with Crippen molar-refractivity contribution in [3.05, 3.63) is 0 Å². The molecule has 15 heavy (non-hydrogen) atoms. The third kappa shape index (κ3) is 6.22. The van der Waals surface area contributed by atoms with E-state index in [9.17, 15) is 0 Å². The van der Waals surface area contributed by atoms with Crippen LogP contribution in [0, 0.1) is 17.3 Å². The summed E-state index contributed by atoms with van der Waals surface area (Å²) in [5.74, 6) is 1.79. The lowest BCUT2D eigenvalue weighted by molar-refractivity contribution is 0.195. The molecular weight excluding hydrogens is 180 g/mol. The lowest BCUT2D eigenvalue weighted by Gasteiger charge is -2.31. The minimum absolute atomic E-state index is 0.542. The van der Waals surface area contributed by atoms with Crippen molar-refractivity contribution in [3.63, 3.8) is 0 Å². The molecule has 2 unspecified atom stereocenters. The molecule has 0 heteroatoms. The Morgan fingerprint density at radius 1 is 1.00 bits per heavy atom. The van der Waals surface area contributed by atoms with Gasteiger partial charge in [0.2, 0.25) is 0 Å². The maximum atomic E-state index is 2.44. The Morgan fingerprint density at radius 3 is 2.07 bits per heavy atom. The lowest BCUT2D eigenvalue weighted by atomic mass is 9.74. The summed E-state index contributed by atoms with van der Waals surface area (Å²) in [4.78, 5) is 0.